The largest absolute Gasteiger partial charge is 0.457 e. The Morgan fingerprint density at radius 2 is 1.85 bits per heavy atom. The first kappa shape index (κ1) is 18.5. The molecule has 9 heteroatoms. The van der Waals surface area contributed by atoms with Crippen LogP contribution in [-0.4, -0.2) is 4.92 Å². The third-order valence-electron chi connectivity index (χ3n) is 3.13. The number of nitriles is 2. The number of benzene rings is 2. The van der Waals surface area contributed by atoms with Crippen LogP contribution >= 0.6 is 0 Å². The smallest absolute Gasteiger partial charge is 0.416 e. The molecule has 0 saturated carbocycles. The second-order valence-corrected chi connectivity index (χ2v) is 4.89. The summed E-state index contributed by atoms with van der Waals surface area (Å²) in [5.41, 5.74) is -1.60. The highest BCUT2D eigenvalue weighted by Crippen LogP contribution is 2.34. The van der Waals surface area contributed by atoms with Gasteiger partial charge in [0.25, 0.3) is 5.69 Å². The monoisotopic (exact) mass is 359 g/mol. The summed E-state index contributed by atoms with van der Waals surface area (Å²) < 4.78 is 43.7. The molecule has 0 amide bonds. The first-order valence-corrected chi connectivity index (χ1v) is 6.90. The molecule has 26 heavy (non-hydrogen) atoms. The average Bonchev–Trinajstić information content (AvgIpc) is 2.60. The molecular formula is C17H8F3N3O3. The van der Waals surface area contributed by atoms with Crippen LogP contribution in [0.3, 0.4) is 0 Å². The first-order chi connectivity index (χ1) is 12.2. The molecule has 0 atom stereocenters. The van der Waals surface area contributed by atoms with Crippen molar-refractivity contribution >= 4 is 11.8 Å². The molecule has 2 rings (SSSR count). The molecule has 2 aromatic rings. The van der Waals surface area contributed by atoms with Gasteiger partial charge in [-0.3, -0.25) is 10.1 Å². The van der Waals surface area contributed by atoms with E-state index >= 15 is 0 Å². The van der Waals surface area contributed by atoms with Crippen molar-refractivity contribution in [3.8, 4) is 23.6 Å². The Labute approximate surface area is 145 Å². The fraction of sp³-hybridized carbons (Fsp3) is 0.0588. The summed E-state index contributed by atoms with van der Waals surface area (Å²) >= 11 is 0. The molecule has 0 spiro atoms. The van der Waals surface area contributed by atoms with E-state index in [4.69, 9.17) is 15.3 Å². The molecular weight excluding hydrogens is 351 g/mol. The molecule has 0 unspecified atom stereocenters. The van der Waals surface area contributed by atoms with Crippen molar-refractivity contribution in [1.82, 2.24) is 0 Å². The van der Waals surface area contributed by atoms with Crippen LogP contribution in [0.5, 0.6) is 11.5 Å². The minimum absolute atomic E-state index is 0.00899. The molecule has 130 valence electrons. The number of nitrogens with zero attached hydrogens (tertiary/aromatic N) is 3. The Morgan fingerprint density at radius 3 is 2.42 bits per heavy atom. The summed E-state index contributed by atoms with van der Waals surface area (Å²) in [5, 5.41) is 28.6. The normalized spacial score (nSPS) is 10.3. The lowest BCUT2D eigenvalue weighted by molar-refractivity contribution is -0.384. The molecule has 0 aliphatic heterocycles. The van der Waals surface area contributed by atoms with E-state index in [-0.39, 0.29) is 28.3 Å². The molecule has 2 aromatic carbocycles. The molecule has 0 fully saturated rings. The van der Waals surface area contributed by atoms with Gasteiger partial charge in [-0.25, -0.2) is 0 Å². The maximum atomic E-state index is 12.8. The lowest BCUT2D eigenvalue weighted by atomic mass is 10.1. The average molecular weight is 359 g/mol. The fourth-order valence-electron chi connectivity index (χ4n) is 1.96. The zero-order valence-corrected chi connectivity index (χ0v) is 12.8. The van der Waals surface area contributed by atoms with Gasteiger partial charge in [0.15, 0.2) is 0 Å². The maximum absolute atomic E-state index is 12.8. The second-order valence-electron chi connectivity index (χ2n) is 4.89. The van der Waals surface area contributed by atoms with E-state index in [9.17, 15) is 23.3 Å². The van der Waals surface area contributed by atoms with Gasteiger partial charge in [0, 0.05) is 17.7 Å². The van der Waals surface area contributed by atoms with E-state index < -0.39 is 16.7 Å². The molecule has 0 N–H and O–H groups in total. The van der Waals surface area contributed by atoms with Gasteiger partial charge in [0.2, 0.25) is 0 Å². The van der Waals surface area contributed by atoms with Gasteiger partial charge in [-0.05, 0) is 30.3 Å². The van der Waals surface area contributed by atoms with E-state index in [1.54, 1.807) is 12.1 Å². The van der Waals surface area contributed by atoms with E-state index in [1.165, 1.54) is 12.1 Å². The standard InChI is InChI=1S/C17H8F3N3O3/c18-17(19,20)13-2-1-3-15(8-13)26-16-5-4-14(23(24)25)7-12(16)6-11(9-21)10-22/h1-8H. The van der Waals surface area contributed by atoms with Gasteiger partial charge in [0.05, 0.1) is 10.5 Å². The van der Waals surface area contributed by atoms with Gasteiger partial charge in [0.1, 0.15) is 29.2 Å². The van der Waals surface area contributed by atoms with Crippen molar-refractivity contribution in [3.05, 3.63) is 69.3 Å². The van der Waals surface area contributed by atoms with Crippen LogP contribution in [-0.2, 0) is 6.18 Å². The summed E-state index contributed by atoms with van der Waals surface area (Å²) in [5.74, 6) is -0.197. The molecule has 0 radical (unpaired) electrons. The highest BCUT2D eigenvalue weighted by atomic mass is 19.4. The van der Waals surface area contributed by atoms with E-state index in [0.717, 1.165) is 36.4 Å². The Balaban J connectivity index is 2.50. The number of nitro benzene ring substituents is 1. The molecule has 0 aliphatic rings. The number of nitro groups is 1. The van der Waals surface area contributed by atoms with Crippen molar-refractivity contribution in [3.63, 3.8) is 0 Å². The molecule has 0 aliphatic carbocycles. The van der Waals surface area contributed by atoms with Gasteiger partial charge in [-0.2, -0.15) is 23.7 Å². The predicted octanol–water partition coefficient (Wildman–Crippen LogP) is 4.84. The summed E-state index contributed by atoms with van der Waals surface area (Å²) in [6.07, 6.45) is -3.51. The van der Waals surface area contributed by atoms with E-state index in [0.29, 0.717) is 0 Å². The second kappa shape index (κ2) is 7.36. The SMILES string of the molecule is N#CC(C#N)=Cc1cc([N+](=O)[O-])ccc1Oc1cccc(C(F)(F)F)c1. The zero-order valence-electron chi connectivity index (χ0n) is 12.8. The van der Waals surface area contributed by atoms with Crippen LogP contribution in [0.2, 0.25) is 0 Å². The zero-order chi connectivity index (χ0) is 19.3. The van der Waals surface area contributed by atoms with Gasteiger partial charge >= 0.3 is 6.18 Å². The predicted molar refractivity (Wildman–Crippen MR) is 83.8 cm³/mol. The minimum Gasteiger partial charge on any atom is -0.457 e. The van der Waals surface area contributed by atoms with Gasteiger partial charge in [-0.1, -0.05) is 6.07 Å². The van der Waals surface area contributed by atoms with Crippen LogP contribution in [0.25, 0.3) is 6.08 Å². The quantitative estimate of drug-likeness (QED) is 0.442. The van der Waals surface area contributed by atoms with E-state index in [1.807, 2.05) is 0 Å². The number of rotatable bonds is 4. The molecule has 0 saturated heterocycles. The fourth-order valence-corrected chi connectivity index (χ4v) is 1.96. The Morgan fingerprint density at radius 1 is 1.15 bits per heavy atom. The topological polar surface area (TPSA) is 100.0 Å². The summed E-state index contributed by atoms with van der Waals surface area (Å²) in [6, 6.07) is 10.6. The van der Waals surface area contributed by atoms with Crippen LogP contribution in [0.1, 0.15) is 11.1 Å². The lowest BCUT2D eigenvalue weighted by Crippen LogP contribution is -2.04. The van der Waals surface area contributed by atoms with Crippen molar-refractivity contribution in [2.24, 2.45) is 0 Å². The van der Waals surface area contributed by atoms with Gasteiger partial charge in [-0.15, -0.1) is 0 Å². The molecule has 0 aromatic heterocycles. The molecule has 0 heterocycles. The first-order valence-electron chi connectivity index (χ1n) is 6.90. The summed E-state index contributed by atoms with van der Waals surface area (Å²) in [6.45, 7) is 0. The van der Waals surface area contributed by atoms with Crippen molar-refractivity contribution in [1.29, 1.82) is 10.5 Å². The van der Waals surface area contributed by atoms with Gasteiger partial charge < -0.3 is 4.74 Å². The molecule has 0 bridgehead atoms. The minimum atomic E-state index is -4.56. The number of non-ortho nitro benzene ring substituents is 1. The summed E-state index contributed by atoms with van der Waals surface area (Å²) in [4.78, 5) is 10.2. The number of halogens is 3. The highest BCUT2D eigenvalue weighted by molar-refractivity contribution is 5.68. The van der Waals surface area contributed by atoms with Crippen molar-refractivity contribution in [2.45, 2.75) is 6.18 Å². The van der Waals surface area contributed by atoms with E-state index in [2.05, 4.69) is 0 Å². The molecule has 6 nitrogen and oxygen atoms in total. The lowest BCUT2D eigenvalue weighted by Gasteiger charge is -2.11. The van der Waals surface area contributed by atoms with Crippen LogP contribution in [0.4, 0.5) is 18.9 Å². The highest BCUT2D eigenvalue weighted by Gasteiger charge is 2.30. The maximum Gasteiger partial charge on any atom is 0.416 e. The number of hydrogen-bond donors (Lipinski definition) is 0. The van der Waals surface area contributed by atoms with Crippen LogP contribution in [0.15, 0.2) is 48.0 Å². The number of alkyl halides is 3. The summed E-state index contributed by atoms with van der Waals surface area (Å²) in [7, 11) is 0. The third-order valence-corrected chi connectivity index (χ3v) is 3.13. The Hall–Kier alpha value is -3.85. The third kappa shape index (κ3) is 4.36. The number of hydrogen-bond acceptors (Lipinski definition) is 5. The Bertz CT molecular complexity index is 954. The number of allylic oxidation sites excluding steroid dienone is 1. The van der Waals surface area contributed by atoms with Crippen molar-refractivity contribution in [2.75, 3.05) is 0 Å². The Kier molecular flexibility index (Phi) is 5.24. The van der Waals surface area contributed by atoms with Crippen molar-refractivity contribution < 1.29 is 22.8 Å². The number of ether oxygens (including phenoxy) is 1. The van der Waals surface area contributed by atoms with Crippen LogP contribution in [0, 0.1) is 32.8 Å². The van der Waals surface area contributed by atoms with Crippen LogP contribution < -0.4 is 4.74 Å².